The number of rotatable bonds is 1. The fourth-order valence-corrected chi connectivity index (χ4v) is 3.38. The summed E-state index contributed by atoms with van der Waals surface area (Å²) in [5, 5.41) is 0. The van der Waals surface area contributed by atoms with Crippen LogP contribution >= 0.6 is 11.3 Å². The predicted octanol–water partition coefficient (Wildman–Crippen LogP) is 3.72. The molecule has 0 saturated carbocycles. The second-order valence-corrected chi connectivity index (χ2v) is 5.68. The first-order valence-corrected chi connectivity index (χ1v) is 7.21. The highest BCUT2D eigenvalue weighted by molar-refractivity contribution is 7.20. The first-order valence-electron chi connectivity index (χ1n) is 6.40. The van der Waals surface area contributed by atoms with Crippen LogP contribution in [0, 0.1) is 5.82 Å². The number of imidazole rings is 1. The van der Waals surface area contributed by atoms with E-state index in [4.69, 9.17) is 0 Å². The SMILES string of the molecule is O=c1cc(-c2ccc(F)cc2)sc2nc3ccccc3n12. The minimum absolute atomic E-state index is 0.128. The van der Waals surface area contributed by atoms with E-state index in [0.717, 1.165) is 21.5 Å². The van der Waals surface area contributed by atoms with Gasteiger partial charge in [0, 0.05) is 10.9 Å². The molecule has 2 heterocycles. The molecule has 0 aliphatic rings. The molecule has 0 aliphatic heterocycles. The lowest BCUT2D eigenvalue weighted by atomic mass is 10.2. The molecule has 0 unspecified atom stereocenters. The van der Waals surface area contributed by atoms with E-state index in [9.17, 15) is 9.18 Å². The van der Waals surface area contributed by atoms with Gasteiger partial charge >= 0.3 is 0 Å². The number of halogens is 1. The summed E-state index contributed by atoms with van der Waals surface area (Å²) in [6.07, 6.45) is 0. The number of aromatic nitrogens is 2. The summed E-state index contributed by atoms with van der Waals surface area (Å²) < 4.78 is 14.6. The Morgan fingerprint density at radius 2 is 1.81 bits per heavy atom. The van der Waals surface area contributed by atoms with Gasteiger partial charge in [-0.05, 0) is 29.8 Å². The van der Waals surface area contributed by atoms with Crippen molar-refractivity contribution in [2.45, 2.75) is 0 Å². The van der Waals surface area contributed by atoms with Crippen LogP contribution in [-0.4, -0.2) is 9.38 Å². The Labute approximate surface area is 122 Å². The number of para-hydroxylation sites is 2. The van der Waals surface area contributed by atoms with Crippen LogP contribution in [-0.2, 0) is 0 Å². The second-order valence-electron chi connectivity index (χ2n) is 4.67. The Bertz CT molecular complexity index is 1020. The van der Waals surface area contributed by atoms with Gasteiger partial charge in [0.25, 0.3) is 5.56 Å². The first-order chi connectivity index (χ1) is 10.2. The van der Waals surface area contributed by atoms with Gasteiger partial charge in [0.2, 0.25) is 0 Å². The molecule has 4 aromatic rings. The average Bonchev–Trinajstić information content (AvgIpc) is 2.86. The monoisotopic (exact) mass is 296 g/mol. The molecule has 0 spiro atoms. The van der Waals surface area contributed by atoms with E-state index in [1.807, 2.05) is 24.3 Å². The molecule has 0 amide bonds. The molecule has 2 aromatic heterocycles. The summed E-state index contributed by atoms with van der Waals surface area (Å²) in [4.78, 5) is 18.3. The largest absolute Gasteiger partial charge is 0.269 e. The van der Waals surface area contributed by atoms with E-state index >= 15 is 0 Å². The van der Waals surface area contributed by atoms with Gasteiger partial charge in [0.15, 0.2) is 4.96 Å². The van der Waals surface area contributed by atoms with Crippen LogP contribution in [0.4, 0.5) is 4.39 Å². The molecule has 0 aliphatic carbocycles. The van der Waals surface area contributed by atoms with Crippen LogP contribution in [0.15, 0.2) is 59.4 Å². The van der Waals surface area contributed by atoms with E-state index in [0.29, 0.717) is 4.96 Å². The summed E-state index contributed by atoms with van der Waals surface area (Å²) in [6, 6.07) is 15.2. The van der Waals surface area contributed by atoms with Gasteiger partial charge in [-0.1, -0.05) is 35.6 Å². The Morgan fingerprint density at radius 1 is 1.05 bits per heavy atom. The maximum Gasteiger partial charge on any atom is 0.258 e. The van der Waals surface area contributed by atoms with Gasteiger partial charge in [0.1, 0.15) is 5.82 Å². The van der Waals surface area contributed by atoms with Crippen molar-refractivity contribution >= 4 is 27.3 Å². The molecule has 0 bridgehead atoms. The maximum atomic E-state index is 13.0. The predicted molar refractivity (Wildman–Crippen MR) is 82.2 cm³/mol. The van der Waals surface area contributed by atoms with Gasteiger partial charge in [-0.15, -0.1) is 0 Å². The van der Waals surface area contributed by atoms with Crippen LogP contribution in [0.2, 0.25) is 0 Å². The Balaban J connectivity index is 2.03. The first kappa shape index (κ1) is 12.2. The third-order valence-electron chi connectivity index (χ3n) is 3.33. The van der Waals surface area contributed by atoms with Crippen molar-refractivity contribution in [1.82, 2.24) is 9.38 Å². The lowest BCUT2D eigenvalue weighted by Crippen LogP contribution is -2.09. The van der Waals surface area contributed by atoms with Gasteiger partial charge in [-0.25, -0.2) is 9.37 Å². The van der Waals surface area contributed by atoms with Crippen molar-refractivity contribution in [1.29, 1.82) is 0 Å². The molecule has 21 heavy (non-hydrogen) atoms. The zero-order chi connectivity index (χ0) is 14.4. The standard InChI is InChI=1S/C16H9FN2OS/c17-11-7-5-10(6-8-11)14-9-15(20)19-13-4-2-1-3-12(13)18-16(19)21-14/h1-9H. The second kappa shape index (κ2) is 4.49. The van der Waals surface area contributed by atoms with Crippen LogP contribution in [0.3, 0.4) is 0 Å². The third kappa shape index (κ3) is 1.94. The lowest BCUT2D eigenvalue weighted by molar-refractivity contribution is 0.628. The molecular weight excluding hydrogens is 287 g/mol. The van der Waals surface area contributed by atoms with Crippen LogP contribution < -0.4 is 5.56 Å². The number of hydrogen-bond donors (Lipinski definition) is 0. The van der Waals surface area contributed by atoms with Crippen molar-refractivity contribution in [2.75, 3.05) is 0 Å². The van der Waals surface area contributed by atoms with E-state index in [2.05, 4.69) is 4.98 Å². The van der Waals surface area contributed by atoms with Gasteiger partial charge in [-0.2, -0.15) is 0 Å². The number of hydrogen-bond acceptors (Lipinski definition) is 3. The minimum atomic E-state index is -0.293. The summed E-state index contributed by atoms with van der Waals surface area (Å²) in [5.74, 6) is -0.293. The molecule has 5 heteroatoms. The van der Waals surface area contributed by atoms with Crippen molar-refractivity contribution in [2.24, 2.45) is 0 Å². The average molecular weight is 296 g/mol. The van der Waals surface area contributed by atoms with E-state index in [-0.39, 0.29) is 11.4 Å². The smallest absolute Gasteiger partial charge is 0.258 e. The van der Waals surface area contributed by atoms with E-state index in [1.54, 1.807) is 22.6 Å². The molecule has 102 valence electrons. The molecule has 0 radical (unpaired) electrons. The van der Waals surface area contributed by atoms with Crippen molar-refractivity contribution in [3.63, 3.8) is 0 Å². The Morgan fingerprint density at radius 3 is 2.62 bits per heavy atom. The molecule has 0 atom stereocenters. The highest BCUT2D eigenvalue weighted by Crippen LogP contribution is 2.27. The minimum Gasteiger partial charge on any atom is -0.269 e. The Kier molecular flexibility index (Phi) is 2.62. The van der Waals surface area contributed by atoms with Crippen molar-refractivity contribution < 1.29 is 4.39 Å². The molecule has 4 rings (SSSR count). The third-order valence-corrected chi connectivity index (χ3v) is 4.36. The fraction of sp³-hybridized carbons (Fsp3) is 0. The lowest BCUT2D eigenvalue weighted by Gasteiger charge is -2.01. The van der Waals surface area contributed by atoms with Crippen LogP contribution in [0.25, 0.3) is 26.4 Å². The topological polar surface area (TPSA) is 34.4 Å². The highest BCUT2D eigenvalue weighted by atomic mass is 32.1. The Hall–Kier alpha value is -2.53. The molecule has 2 aromatic carbocycles. The maximum absolute atomic E-state index is 13.0. The van der Waals surface area contributed by atoms with Crippen molar-refractivity contribution in [3.05, 3.63) is 70.8 Å². The van der Waals surface area contributed by atoms with Gasteiger partial charge < -0.3 is 0 Å². The van der Waals surface area contributed by atoms with Gasteiger partial charge in [0.05, 0.1) is 11.0 Å². The molecule has 3 nitrogen and oxygen atoms in total. The summed E-state index contributed by atoms with van der Waals surface area (Å²) in [6.45, 7) is 0. The van der Waals surface area contributed by atoms with Crippen molar-refractivity contribution in [3.8, 4) is 10.4 Å². The zero-order valence-electron chi connectivity index (χ0n) is 10.8. The van der Waals surface area contributed by atoms with Crippen LogP contribution in [0.1, 0.15) is 0 Å². The molecule has 0 fully saturated rings. The van der Waals surface area contributed by atoms with E-state index < -0.39 is 0 Å². The molecule has 0 saturated heterocycles. The summed E-state index contributed by atoms with van der Waals surface area (Å²) in [5.41, 5.74) is 2.28. The summed E-state index contributed by atoms with van der Waals surface area (Å²) >= 11 is 1.42. The van der Waals surface area contributed by atoms with Crippen LogP contribution in [0.5, 0.6) is 0 Å². The molecular formula is C16H9FN2OS. The van der Waals surface area contributed by atoms with Gasteiger partial charge in [-0.3, -0.25) is 9.20 Å². The zero-order valence-corrected chi connectivity index (χ0v) is 11.6. The fourth-order valence-electron chi connectivity index (χ4n) is 2.35. The number of benzene rings is 2. The normalized spacial score (nSPS) is 11.3. The summed E-state index contributed by atoms with van der Waals surface area (Å²) in [7, 11) is 0. The quantitative estimate of drug-likeness (QED) is 0.536. The number of nitrogens with zero attached hydrogens (tertiary/aromatic N) is 2. The molecule has 0 N–H and O–H groups in total. The number of fused-ring (bicyclic) bond motifs is 3. The highest BCUT2D eigenvalue weighted by Gasteiger charge is 2.10. The van der Waals surface area contributed by atoms with E-state index in [1.165, 1.54) is 23.5 Å².